The summed E-state index contributed by atoms with van der Waals surface area (Å²) in [6.45, 7) is 0. The predicted molar refractivity (Wildman–Crippen MR) is 79.7 cm³/mol. The fourth-order valence-corrected chi connectivity index (χ4v) is 2.22. The molecule has 0 aromatic heterocycles. The molecule has 0 bridgehead atoms. The lowest BCUT2D eigenvalue weighted by atomic mass is 10.0. The SMILES string of the molecule is COc1cc(OC)cc(C(O)Cc2ccccc2Cl)c1. The van der Waals surface area contributed by atoms with Crippen LogP contribution in [0.2, 0.25) is 5.02 Å². The van der Waals surface area contributed by atoms with Crippen molar-refractivity contribution in [1.29, 1.82) is 0 Å². The van der Waals surface area contributed by atoms with Crippen LogP contribution in [0.1, 0.15) is 17.2 Å². The van der Waals surface area contributed by atoms with E-state index in [4.69, 9.17) is 21.1 Å². The van der Waals surface area contributed by atoms with Gasteiger partial charge in [0.05, 0.1) is 20.3 Å². The summed E-state index contributed by atoms with van der Waals surface area (Å²) in [7, 11) is 3.16. The Morgan fingerprint density at radius 1 is 1.05 bits per heavy atom. The van der Waals surface area contributed by atoms with E-state index >= 15 is 0 Å². The predicted octanol–water partition coefficient (Wildman–Crippen LogP) is 3.63. The highest BCUT2D eigenvalue weighted by atomic mass is 35.5. The number of rotatable bonds is 5. The minimum absolute atomic E-state index is 0.440. The standard InChI is InChI=1S/C16H17ClO3/c1-19-13-7-12(8-14(10-13)20-2)16(18)9-11-5-3-4-6-15(11)17/h3-8,10,16,18H,9H2,1-2H3. The number of aliphatic hydroxyl groups excluding tert-OH is 1. The molecule has 0 amide bonds. The maximum atomic E-state index is 10.4. The molecule has 3 nitrogen and oxygen atoms in total. The molecule has 0 aliphatic rings. The van der Waals surface area contributed by atoms with Crippen molar-refractivity contribution in [3.63, 3.8) is 0 Å². The molecule has 1 atom stereocenters. The van der Waals surface area contributed by atoms with Crippen LogP contribution in [0.15, 0.2) is 42.5 Å². The second-order valence-corrected chi connectivity index (χ2v) is 4.86. The fraction of sp³-hybridized carbons (Fsp3) is 0.250. The van der Waals surface area contributed by atoms with Crippen LogP contribution < -0.4 is 9.47 Å². The number of methoxy groups -OCH3 is 2. The van der Waals surface area contributed by atoms with Gasteiger partial charge in [0.15, 0.2) is 0 Å². The first-order chi connectivity index (χ1) is 9.63. The maximum absolute atomic E-state index is 10.4. The van der Waals surface area contributed by atoms with Gasteiger partial charge in [-0.3, -0.25) is 0 Å². The Bertz CT molecular complexity index is 561. The summed E-state index contributed by atoms with van der Waals surface area (Å²) >= 11 is 6.11. The quantitative estimate of drug-likeness (QED) is 0.914. The van der Waals surface area contributed by atoms with Crippen molar-refractivity contribution in [1.82, 2.24) is 0 Å². The molecular formula is C16H17ClO3. The molecule has 0 fully saturated rings. The van der Waals surface area contributed by atoms with Gasteiger partial charge in [-0.2, -0.15) is 0 Å². The lowest BCUT2D eigenvalue weighted by Crippen LogP contribution is -2.03. The highest BCUT2D eigenvalue weighted by Crippen LogP contribution is 2.29. The van der Waals surface area contributed by atoms with E-state index in [1.54, 1.807) is 32.4 Å². The molecule has 0 heterocycles. The smallest absolute Gasteiger partial charge is 0.122 e. The number of ether oxygens (including phenoxy) is 2. The van der Waals surface area contributed by atoms with Crippen molar-refractivity contribution in [3.05, 3.63) is 58.6 Å². The summed E-state index contributed by atoms with van der Waals surface area (Å²) in [6, 6.07) is 12.9. The van der Waals surface area contributed by atoms with Gasteiger partial charge in [0.25, 0.3) is 0 Å². The van der Waals surface area contributed by atoms with Crippen molar-refractivity contribution < 1.29 is 14.6 Å². The number of hydrogen-bond acceptors (Lipinski definition) is 3. The average molecular weight is 293 g/mol. The summed E-state index contributed by atoms with van der Waals surface area (Å²) in [6.07, 6.45) is -0.227. The molecule has 0 saturated heterocycles. The molecule has 2 aromatic carbocycles. The Kier molecular flexibility index (Phi) is 4.88. The molecule has 0 saturated carbocycles. The zero-order valence-electron chi connectivity index (χ0n) is 11.5. The normalized spacial score (nSPS) is 12.0. The molecule has 1 unspecified atom stereocenters. The molecule has 0 radical (unpaired) electrons. The number of hydrogen-bond donors (Lipinski definition) is 1. The molecule has 0 spiro atoms. The number of halogens is 1. The topological polar surface area (TPSA) is 38.7 Å². The van der Waals surface area contributed by atoms with Crippen LogP contribution in [0.3, 0.4) is 0 Å². The lowest BCUT2D eigenvalue weighted by molar-refractivity contribution is 0.177. The molecule has 0 aliphatic carbocycles. The first kappa shape index (κ1) is 14.7. The lowest BCUT2D eigenvalue weighted by Gasteiger charge is -2.14. The summed E-state index contributed by atoms with van der Waals surface area (Å²) in [5, 5.41) is 11.0. The van der Waals surface area contributed by atoms with Gasteiger partial charge in [-0.15, -0.1) is 0 Å². The Labute approximate surface area is 123 Å². The largest absolute Gasteiger partial charge is 0.497 e. The Balaban J connectivity index is 2.24. The van der Waals surface area contributed by atoms with Crippen molar-refractivity contribution in [2.45, 2.75) is 12.5 Å². The molecule has 0 aliphatic heterocycles. The van der Waals surface area contributed by atoms with Crippen molar-refractivity contribution in [3.8, 4) is 11.5 Å². The molecule has 4 heteroatoms. The van der Waals surface area contributed by atoms with Crippen LogP contribution in [0.25, 0.3) is 0 Å². The second-order valence-electron chi connectivity index (χ2n) is 4.46. The number of benzene rings is 2. The summed E-state index contributed by atoms with van der Waals surface area (Å²) in [4.78, 5) is 0. The van der Waals surface area contributed by atoms with Crippen LogP contribution in [0.4, 0.5) is 0 Å². The molecular weight excluding hydrogens is 276 g/mol. The van der Waals surface area contributed by atoms with Crippen LogP contribution in [-0.2, 0) is 6.42 Å². The molecule has 20 heavy (non-hydrogen) atoms. The van der Waals surface area contributed by atoms with Crippen LogP contribution in [-0.4, -0.2) is 19.3 Å². The average Bonchev–Trinajstić information content (AvgIpc) is 2.48. The van der Waals surface area contributed by atoms with E-state index in [1.807, 2.05) is 24.3 Å². The van der Waals surface area contributed by atoms with Gasteiger partial charge < -0.3 is 14.6 Å². The molecule has 1 N–H and O–H groups in total. The van der Waals surface area contributed by atoms with Crippen LogP contribution in [0.5, 0.6) is 11.5 Å². The van der Waals surface area contributed by atoms with Gasteiger partial charge in [0, 0.05) is 17.5 Å². The summed E-state index contributed by atoms with van der Waals surface area (Å²) in [5.74, 6) is 1.30. The van der Waals surface area contributed by atoms with Crippen molar-refractivity contribution >= 4 is 11.6 Å². The Morgan fingerprint density at radius 2 is 1.65 bits per heavy atom. The minimum atomic E-state index is -0.668. The third kappa shape index (κ3) is 3.44. The number of aliphatic hydroxyl groups is 1. The van der Waals surface area contributed by atoms with Crippen molar-refractivity contribution in [2.75, 3.05) is 14.2 Å². The van der Waals surface area contributed by atoms with Gasteiger partial charge in [0.2, 0.25) is 0 Å². The van der Waals surface area contributed by atoms with Gasteiger partial charge in [-0.25, -0.2) is 0 Å². The van der Waals surface area contributed by atoms with E-state index in [0.29, 0.717) is 22.9 Å². The highest BCUT2D eigenvalue weighted by Gasteiger charge is 2.13. The van der Waals surface area contributed by atoms with E-state index in [1.165, 1.54) is 0 Å². The molecule has 106 valence electrons. The van der Waals surface area contributed by atoms with E-state index < -0.39 is 6.10 Å². The van der Waals surface area contributed by atoms with E-state index in [0.717, 1.165) is 11.1 Å². The second kappa shape index (κ2) is 6.64. The zero-order chi connectivity index (χ0) is 14.5. The van der Waals surface area contributed by atoms with Gasteiger partial charge in [-0.05, 0) is 29.3 Å². The highest BCUT2D eigenvalue weighted by molar-refractivity contribution is 6.31. The van der Waals surface area contributed by atoms with Crippen LogP contribution >= 0.6 is 11.6 Å². The third-order valence-corrected chi connectivity index (χ3v) is 3.50. The summed E-state index contributed by atoms with van der Waals surface area (Å²) < 4.78 is 10.4. The van der Waals surface area contributed by atoms with Gasteiger partial charge in [0.1, 0.15) is 11.5 Å². The monoisotopic (exact) mass is 292 g/mol. The van der Waals surface area contributed by atoms with Crippen molar-refractivity contribution in [2.24, 2.45) is 0 Å². The van der Waals surface area contributed by atoms with E-state index in [9.17, 15) is 5.11 Å². The Hall–Kier alpha value is -1.71. The summed E-state index contributed by atoms with van der Waals surface area (Å²) in [5.41, 5.74) is 1.64. The van der Waals surface area contributed by atoms with Crippen LogP contribution in [0, 0.1) is 0 Å². The Morgan fingerprint density at radius 3 is 2.20 bits per heavy atom. The zero-order valence-corrected chi connectivity index (χ0v) is 12.2. The first-order valence-electron chi connectivity index (χ1n) is 6.28. The fourth-order valence-electron chi connectivity index (χ4n) is 2.01. The molecule has 2 aromatic rings. The first-order valence-corrected chi connectivity index (χ1v) is 6.66. The minimum Gasteiger partial charge on any atom is -0.497 e. The van der Waals surface area contributed by atoms with E-state index in [2.05, 4.69) is 0 Å². The molecule has 2 rings (SSSR count). The maximum Gasteiger partial charge on any atom is 0.122 e. The van der Waals surface area contributed by atoms with Gasteiger partial charge >= 0.3 is 0 Å². The van der Waals surface area contributed by atoms with E-state index in [-0.39, 0.29) is 0 Å². The van der Waals surface area contributed by atoms with Gasteiger partial charge in [-0.1, -0.05) is 29.8 Å². The third-order valence-electron chi connectivity index (χ3n) is 3.13.